The molecule has 1 aliphatic rings. The highest BCUT2D eigenvalue weighted by Crippen LogP contribution is 2.28. The Kier molecular flexibility index (Phi) is 3.93. The monoisotopic (exact) mass is 240 g/mol. The van der Waals surface area contributed by atoms with Crippen LogP contribution < -0.4 is 16.0 Å². The maximum absolute atomic E-state index is 13.6. The van der Waals surface area contributed by atoms with Crippen LogP contribution in [0.1, 0.15) is 24.4 Å². The molecule has 0 bridgehead atoms. The second-order valence-electron chi connectivity index (χ2n) is 4.09. The third kappa shape index (κ3) is 2.57. The van der Waals surface area contributed by atoms with Crippen LogP contribution >= 0.6 is 0 Å². The van der Waals surface area contributed by atoms with E-state index < -0.39 is 0 Å². The summed E-state index contributed by atoms with van der Waals surface area (Å²) in [4.78, 5) is 0. The fourth-order valence-corrected chi connectivity index (χ4v) is 2.16. The average molecular weight is 240 g/mol. The molecular weight excluding hydrogens is 223 g/mol. The molecule has 94 valence electrons. The summed E-state index contributed by atoms with van der Waals surface area (Å²) >= 11 is 0. The second-order valence-corrected chi connectivity index (χ2v) is 4.09. The predicted octanol–water partition coefficient (Wildman–Crippen LogP) is 1.52. The lowest BCUT2D eigenvalue weighted by Crippen LogP contribution is -2.36. The standard InChI is InChI=1S/C12H17FN2O2/c1-16-10-5-4-8(7-9(10)13)12(15-14)11-3-2-6-17-11/h4-5,7,11-12,15H,2-3,6,14H2,1H3. The van der Waals surface area contributed by atoms with E-state index in [1.807, 2.05) is 0 Å². The summed E-state index contributed by atoms with van der Waals surface area (Å²) in [5.41, 5.74) is 3.47. The smallest absolute Gasteiger partial charge is 0.165 e. The van der Waals surface area contributed by atoms with Gasteiger partial charge in [0.05, 0.1) is 19.3 Å². The molecule has 0 aliphatic carbocycles. The molecule has 4 nitrogen and oxygen atoms in total. The van der Waals surface area contributed by atoms with Crippen LogP contribution in [0.3, 0.4) is 0 Å². The van der Waals surface area contributed by atoms with Crippen LogP contribution in [0.2, 0.25) is 0 Å². The predicted molar refractivity (Wildman–Crippen MR) is 62.0 cm³/mol. The van der Waals surface area contributed by atoms with Gasteiger partial charge in [-0.3, -0.25) is 11.3 Å². The number of hydrogen-bond donors (Lipinski definition) is 2. The molecule has 1 saturated heterocycles. The molecule has 1 heterocycles. The second kappa shape index (κ2) is 5.44. The van der Waals surface area contributed by atoms with Gasteiger partial charge in [0.15, 0.2) is 11.6 Å². The van der Waals surface area contributed by atoms with Gasteiger partial charge >= 0.3 is 0 Å². The number of halogens is 1. The summed E-state index contributed by atoms with van der Waals surface area (Å²) in [6, 6.07) is 4.65. The largest absolute Gasteiger partial charge is 0.494 e. The third-order valence-corrected chi connectivity index (χ3v) is 3.05. The SMILES string of the molecule is COc1ccc(C(NN)C2CCCO2)cc1F. The molecule has 0 amide bonds. The Labute approximate surface area is 99.9 Å². The number of hydrogen-bond acceptors (Lipinski definition) is 4. The topological polar surface area (TPSA) is 56.5 Å². The van der Waals surface area contributed by atoms with Crippen molar-refractivity contribution >= 4 is 0 Å². The van der Waals surface area contributed by atoms with Crippen LogP contribution in [0.4, 0.5) is 4.39 Å². The lowest BCUT2D eigenvalue weighted by molar-refractivity contribution is 0.0782. The Balaban J connectivity index is 2.21. The van der Waals surface area contributed by atoms with E-state index >= 15 is 0 Å². The highest BCUT2D eigenvalue weighted by atomic mass is 19.1. The summed E-state index contributed by atoms with van der Waals surface area (Å²) in [5.74, 6) is 5.37. The number of ether oxygens (including phenoxy) is 2. The van der Waals surface area contributed by atoms with E-state index in [1.165, 1.54) is 13.2 Å². The summed E-state index contributed by atoms with van der Waals surface area (Å²) in [6.07, 6.45) is 1.96. The molecule has 1 aromatic rings. The van der Waals surface area contributed by atoms with Crippen LogP contribution in [-0.4, -0.2) is 19.8 Å². The molecule has 2 atom stereocenters. The molecular formula is C12H17FN2O2. The molecule has 17 heavy (non-hydrogen) atoms. The molecule has 3 N–H and O–H groups in total. The molecule has 2 rings (SSSR count). The van der Waals surface area contributed by atoms with Gasteiger partial charge in [-0.25, -0.2) is 4.39 Å². The van der Waals surface area contributed by atoms with Crippen LogP contribution in [0, 0.1) is 5.82 Å². The Morgan fingerprint density at radius 2 is 2.41 bits per heavy atom. The van der Waals surface area contributed by atoms with Crippen LogP contribution in [0.15, 0.2) is 18.2 Å². The van der Waals surface area contributed by atoms with Gasteiger partial charge in [0.1, 0.15) is 0 Å². The first-order valence-electron chi connectivity index (χ1n) is 5.67. The van der Waals surface area contributed by atoms with E-state index in [2.05, 4.69) is 5.43 Å². The average Bonchev–Trinajstić information content (AvgIpc) is 2.84. The van der Waals surface area contributed by atoms with Crippen molar-refractivity contribution in [2.24, 2.45) is 5.84 Å². The van der Waals surface area contributed by atoms with E-state index in [9.17, 15) is 4.39 Å². The van der Waals surface area contributed by atoms with E-state index in [0.29, 0.717) is 0 Å². The van der Waals surface area contributed by atoms with Gasteiger partial charge in [-0.05, 0) is 30.5 Å². The van der Waals surface area contributed by atoms with Gasteiger partial charge < -0.3 is 9.47 Å². The van der Waals surface area contributed by atoms with Gasteiger partial charge in [0.2, 0.25) is 0 Å². The first kappa shape index (κ1) is 12.3. The Morgan fingerprint density at radius 3 is 2.94 bits per heavy atom. The van der Waals surface area contributed by atoms with E-state index in [1.54, 1.807) is 12.1 Å². The van der Waals surface area contributed by atoms with Crippen molar-refractivity contribution in [1.82, 2.24) is 5.43 Å². The maximum Gasteiger partial charge on any atom is 0.165 e. The molecule has 0 radical (unpaired) electrons. The number of methoxy groups -OCH3 is 1. The van der Waals surface area contributed by atoms with Crippen molar-refractivity contribution < 1.29 is 13.9 Å². The zero-order valence-electron chi connectivity index (χ0n) is 9.78. The van der Waals surface area contributed by atoms with Crippen molar-refractivity contribution in [3.05, 3.63) is 29.6 Å². The lowest BCUT2D eigenvalue weighted by atomic mass is 10.00. The zero-order chi connectivity index (χ0) is 12.3. The summed E-state index contributed by atoms with van der Waals surface area (Å²) in [7, 11) is 1.44. The minimum absolute atomic E-state index is 0.00722. The quantitative estimate of drug-likeness (QED) is 0.619. The molecule has 2 unspecified atom stereocenters. The number of nitrogens with one attached hydrogen (secondary N) is 1. The van der Waals surface area contributed by atoms with Crippen LogP contribution in [-0.2, 0) is 4.74 Å². The third-order valence-electron chi connectivity index (χ3n) is 3.05. The Bertz CT molecular complexity index is 381. The Hall–Kier alpha value is -1.17. The molecule has 0 aromatic heterocycles. The van der Waals surface area contributed by atoms with Gasteiger partial charge in [-0.2, -0.15) is 0 Å². The number of rotatable bonds is 4. The summed E-state index contributed by atoms with van der Waals surface area (Å²) in [6.45, 7) is 0.738. The van der Waals surface area contributed by atoms with Gasteiger partial charge in [-0.1, -0.05) is 6.07 Å². The lowest BCUT2D eigenvalue weighted by Gasteiger charge is -2.22. The normalized spacial score (nSPS) is 21.5. The van der Waals surface area contributed by atoms with Crippen molar-refractivity contribution in [1.29, 1.82) is 0 Å². The van der Waals surface area contributed by atoms with Crippen molar-refractivity contribution in [2.45, 2.75) is 25.0 Å². The van der Waals surface area contributed by atoms with Crippen molar-refractivity contribution in [3.63, 3.8) is 0 Å². The minimum atomic E-state index is -0.386. The number of benzene rings is 1. The van der Waals surface area contributed by atoms with Crippen LogP contribution in [0.25, 0.3) is 0 Å². The molecule has 0 saturated carbocycles. The zero-order valence-corrected chi connectivity index (χ0v) is 9.78. The highest BCUT2D eigenvalue weighted by molar-refractivity contribution is 5.31. The fraction of sp³-hybridized carbons (Fsp3) is 0.500. The van der Waals surface area contributed by atoms with E-state index in [4.69, 9.17) is 15.3 Å². The van der Waals surface area contributed by atoms with E-state index in [0.717, 1.165) is 25.0 Å². The highest BCUT2D eigenvalue weighted by Gasteiger charge is 2.27. The molecule has 1 aliphatic heterocycles. The van der Waals surface area contributed by atoms with Crippen molar-refractivity contribution in [2.75, 3.05) is 13.7 Å². The minimum Gasteiger partial charge on any atom is -0.494 e. The van der Waals surface area contributed by atoms with Crippen LogP contribution in [0.5, 0.6) is 5.75 Å². The first-order chi connectivity index (χ1) is 8.26. The summed E-state index contributed by atoms with van der Waals surface area (Å²) in [5, 5.41) is 0. The Morgan fingerprint density at radius 1 is 1.59 bits per heavy atom. The molecule has 1 fully saturated rings. The molecule has 1 aromatic carbocycles. The first-order valence-corrected chi connectivity index (χ1v) is 5.67. The van der Waals surface area contributed by atoms with Gasteiger partial charge in [0.25, 0.3) is 0 Å². The van der Waals surface area contributed by atoms with Gasteiger partial charge in [0, 0.05) is 6.61 Å². The van der Waals surface area contributed by atoms with Crippen molar-refractivity contribution in [3.8, 4) is 5.75 Å². The molecule has 0 spiro atoms. The van der Waals surface area contributed by atoms with Gasteiger partial charge in [-0.15, -0.1) is 0 Å². The fourth-order valence-electron chi connectivity index (χ4n) is 2.16. The van der Waals surface area contributed by atoms with E-state index in [-0.39, 0.29) is 23.7 Å². The maximum atomic E-state index is 13.6. The molecule has 5 heteroatoms. The number of nitrogens with two attached hydrogens (primary N) is 1. The number of hydrazine groups is 1. The summed E-state index contributed by atoms with van der Waals surface area (Å²) < 4.78 is 24.0.